The molecule has 2 aromatic rings. The summed E-state index contributed by atoms with van der Waals surface area (Å²) >= 11 is 0. The van der Waals surface area contributed by atoms with Crippen LogP contribution < -0.4 is 9.47 Å². The summed E-state index contributed by atoms with van der Waals surface area (Å²) in [6, 6.07) is 8.98. The second kappa shape index (κ2) is 8.92. The fraction of sp³-hybridized carbons (Fsp3) is 0.333. The predicted octanol–water partition coefficient (Wildman–Crippen LogP) is 2.79. The average molecular weight is 439 g/mol. The van der Waals surface area contributed by atoms with Gasteiger partial charge in [-0.25, -0.2) is 0 Å². The Balaban J connectivity index is 1.84. The fourth-order valence-electron chi connectivity index (χ4n) is 4.19. The van der Waals surface area contributed by atoms with Gasteiger partial charge in [-0.3, -0.25) is 9.59 Å². The van der Waals surface area contributed by atoms with Crippen molar-refractivity contribution in [2.75, 3.05) is 34.0 Å². The monoisotopic (exact) mass is 439 g/mol. The van der Waals surface area contributed by atoms with Crippen LogP contribution in [0.3, 0.4) is 0 Å². The van der Waals surface area contributed by atoms with Crippen LogP contribution in [-0.2, 0) is 20.7 Å². The molecule has 8 nitrogen and oxygen atoms in total. The second-order valence-electron chi connectivity index (χ2n) is 7.69. The third-order valence-corrected chi connectivity index (χ3v) is 5.78. The van der Waals surface area contributed by atoms with Crippen LogP contribution in [0.4, 0.5) is 0 Å². The van der Waals surface area contributed by atoms with Gasteiger partial charge in [0.15, 0.2) is 11.5 Å². The molecule has 0 saturated carbocycles. The van der Waals surface area contributed by atoms with Crippen molar-refractivity contribution in [3.05, 3.63) is 58.7 Å². The number of benzene rings is 2. The molecule has 1 saturated heterocycles. The number of ether oxygens (including phenoxy) is 3. The summed E-state index contributed by atoms with van der Waals surface area (Å²) < 4.78 is 15.8. The largest absolute Gasteiger partial charge is 0.507 e. The van der Waals surface area contributed by atoms with E-state index in [1.807, 2.05) is 0 Å². The van der Waals surface area contributed by atoms with Gasteiger partial charge in [-0.15, -0.1) is 0 Å². The molecule has 2 aliphatic heterocycles. The Morgan fingerprint density at radius 3 is 2.72 bits per heavy atom. The highest BCUT2D eigenvalue weighted by atomic mass is 16.5. The maximum Gasteiger partial charge on any atom is 0.295 e. The number of aliphatic hydroxyl groups is 1. The van der Waals surface area contributed by atoms with E-state index in [1.54, 1.807) is 30.3 Å². The van der Waals surface area contributed by atoms with E-state index >= 15 is 0 Å². The van der Waals surface area contributed by atoms with E-state index in [9.17, 15) is 19.8 Å². The van der Waals surface area contributed by atoms with Gasteiger partial charge in [-0.2, -0.15) is 0 Å². The van der Waals surface area contributed by atoms with Gasteiger partial charge in [0.05, 0.1) is 31.9 Å². The number of ketones is 1. The molecule has 8 heteroatoms. The molecule has 2 aromatic carbocycles. The van der Waals surface area contributed by atoms with E-state index in [0.29, 0.717) is 17.7 Å². The van der Waals surface area contributed by atoms with Crippen LogP contribution in [0.5, 0.6) is 17.2 Å². The number of aromatic hydroxyl groups is 1. The summed E-state index contributed by atoms with van der Waals surface area (Å²) in [5, 5.41) is 21.5. The van der Waals surface area contributed by atoms with E-state index < -0.39 is 17.7 Å². The van der Waals surface area contributed by atoms with E-state index in [1.165, 1.54) is 25.2 Å². The number of Topliss-reactive ketones (excluding diaryl/α,β-unsaturated/α-hetero) is 1. The molecule has 0 bridgehead atoms. The number of phenols is 1. The normalized spacial score (nSPS) is 19.6. The number of rotatable bonds is 6. The van der Waals surface area contributed by atoms with Gasteiger partial charge >= 0.3 is 0 Å². The van der Waals surface area contributed by atoms with Crippen LogP contribution >= 0.6 is 0 Å². The SMILES string of the molecule is COCCN1C(=O)C(=O)/C(=C(\O)c2ccc3c(c2)CCCO3)C1c1ccc(OC)c(O)c1. The molecule has 1 atom stereocenters. The number of aryl methyl sites for hydroxylation is 1. The first-order chi connectivity index (χ1) is 15.5. The van der Waals surface area contributed by atoms with Crippen molar-refractivity contribution in [1.82, 2.24) is 4.90 Å². The first-order valence-corrected chi connectivity index (χ1v) is 10.4. The quantitative estimate of drug-likeness (QED) is 0.405. The average Bonchev–Trinajstić information content (AvgIpc) is 3.06. The van der Waals surface area contributed by atoms with Gasteiger partial charge < -0.3 is 29.3 Å². The second-order valence-corrected chi connectivity index (χ2v) is 7.69. The Labute approximate surface area is 185 Å². The molecule has 2 heterocycles. The number of phenolic OH excluding ortho intramolecular Hbond substituents is 1. The number of fused-ring (bicyclic) bond motifs is 1. The maximum absolute atomic E-state index is 13.0. The molecule has 0 radical (unpaired) electrons. The molecule has 1 fully saturated rings. The molecule has 168 valence electrons. The molecule has 1 amide bonds. The molecule has 2 N–H and O–H groups in total. The zero-order valence-electron chi connectivity index (χ0n) is 18.0. The number of carbonyl (C=O) groups excluding carboxylic acids is 2. The summed E-state index contributed by atoms with van der Waals surface area (Å²) in [6.07, 6.45) is 1.66. The van der Waals surface area contributed by atoms with E-state index in [-0.39, 0.29) is 36.0 Å². The number of likely N-dealkylation sites (tertiary alicyclic amines) is 1. The lowest BCUT2D eigenvalue weighted by atomic mass is 9.93. The fourth-order valence-corrected chi connectivity index (χ4v) is 4.19. The molecule has 4 rings (SSSR count). The Morgan fingerprint density at radius 1 is 1.19 bits per heavy atom. The molecule has 0 aliphatic carbocycles. The van der Waals surface area contributed by atoms with Gasteiger partial charge in [0.2, 0.25) is 0 Å². The first-order valence-electron chi connectivity index (χ1n) is 10.4. The number of hydrogen-bond donors (Lipinski definition) is 2. The third kappa shape index (κ3) is 3.78. The standard InChI is InChI=1S/C24H25NO7/c1-30-11-9-25-21(15-5-8-19(31-2)17(26)13-15)20(23(28)24(25)29)22(27)16-6-7-18-14(12-16)4-3-10-32-18/h5-8,12-13,21,26-27H,3-4,9-11H2,1-2H3/b22-20-. The lowest BCUT2D eigenvalue weighted by Crippen LogP contribution is -2.32. The predicted molar refractivity (Wildman–Crippen MR) is 116 cm³/mol. The number of methoxy groups -OCH3 is 2. The Hall–Kier alpha value is -3.52. The van der Waals surface area contributed by atoms with Crippen LogP contribution in [0.2, 0.25) is 0 Å². The van der Waals surface area contributed by atoms with Crippen molar-refractivity contribution < 1.29 is 34.0 Å². The highest BCUT2D eigenvalue weighted by Gasteiger charge is 2.46. The van der Waals surface area contributed by atoms with Crippen molar-refractivity contribution >= 4 is 17.4 Å². The van der Waals surface area contributed by atoms with Crippen LogP contribution in [-0.4, -0.2) is 60.8 Å². The highest BCUT2D eigenvalue weighted by Crippen LogP contribution is 2.42. The lowest BCUT2D eigenvalue weighted by Gasteiger charge is -2.25. The minimum Gasteiger partial charge on any atom is -0.507 e. The van der Waals surface area contributed by atoms with Crippen LogP contribution in [0.25, 0.3) is 5.76 Å². The zero-order valence-corrected chi connectivity index (χ0v) is 18.0. The highest BCUT2D eigenvalue weighted by molar-refractivity contribution is 6.46. The number of amides is 1. The summed E-state index contributed by atoms with van der Waals surface area (Å²) in [5.74, 6) is -0.898. The Morgan fingerprint density at radius 2 is 2.00 bits per heavy atom. The minimum absolute atomic E-state index is 0.0349. The molecule has 2 aliphatic rings. The van der Waals surface area contributed by atoms with Crippen molar-refractivity contribution in [3.63, 3.8) is 0 Å². The van der Waals surface area contributed by atoms with Gasteiger partial charge in [0, 0.05) is 19.2 Å². The van der Waals surface area contributed by atoms with E-state index in [2.05, 4.69) is 0 Å². The van der Waals surface area contributed by atoms with Gasteiger partial charge in [-0.1, -0.05) is 6.07 Å². The van der Waals surface area contributed by atoms with Gasteiger partial charge in [-0.05, 0) is 54.3 Å². The molecule has 32 heavy (non-hydrogen) atoms. The minimum atomic E-state index is -0.880. The van der Waals surface area contributed by atoms with Gasteiger partial charge in [0.1, 0.15) is 11.5 Å². The maximum atomic E-state index is 13.0. The molecular formula is C24H25NO7. The molecular weight excluding hydrogens is 414 g/mol. The van der Waals surface area contributed by atoms with Crippen molar-refractivity contribution in [3.8, 4) is 17.2 Å². The number of hydrogen-bond acceptors (Lipinski definition) is 7. The number of carbonyl (C=O) groups is 2. The lowest BCUT2D eigenvalue weighted by molar-refractivity contribution is -0.140. The van der Waals surface area contributed by atoms with Crippen LogP contribution in [0, 0.1) is 0 Å². The van der Waals surface area contributed by atoms with Crippen LogP contribution in [0.1, 0.15) is 29.2 Å². The van der Waals surface area contributed by atoms with Crippen molar-refractivity contribution in [2.45, 2.75) is 18.9 Å². The smallest absolute Gasteiger partial charge is 0.295 e. The molecule has 0 aromatic heterocycles. The Bertz CT molecular complexity index is 1090. The Kier molecular flexibility index (Phi) is 6.05. The summed E-state index contributed by atoms with van der Waals surface area (Å²) in [7, 11) is 2.93. The topological polar surface area (TPSA) is 106 Å². The molecule has 1 unspecified atom stereocenters. The van der Waals surface area contributed by atoms with E-state index in [4.69, 9.17) is 14.2 Å². The summed E-state index contributed by atoms with van der Waals surface area (Å²) in [5.41, 5.74) is 1.81. The number of nitrogens with zero attached hydrogens (tertiary/aromatic N) is 1. The first kappa shape index (κ1) is 21.7. The third-order valence-electron chi connectivity index (χ3n) is 5.78. The van der Waals surface area contributed by atoms with Gasteiger partial charge in [0.25, 0.3) is 11.7 Å². The summed E-state index contributed by atoms with van der Waals surface area (Å²) in [4.78, 5) is 27.2. The van der Waals surface area contributed by atoms with E-state index in [0.717, 1.165) is 24.2 Å². The zero-order chi connectivity index (χ0) is 22.8. The van der Waals surface area contributed by atoms with Crippen molar-refractivity contribution in [2.24, 2.45) is 0 Å². The van der Waals surface area contributed by atoms with Crippen molar-refractivity contribution in [1.29, 1.82) is 0 Å². The van der Waals surface area contributed by atoms with Crippen LogP contribution in [0.15, 0.2) is 42.0 Å². The molecule has 0 spiro atoms. The number of aliphatic hydroxyl groups excluding tert-OH is 1. The summed E-state index contributed by atoms with van der Waals surface area (Å²) in [6.45, 7) is 0.999.